The van der Waals surface area contributed by atoms with Crippen molar-refractivity contribution in [2.24, 2.45) is 0 Å². The van der Waals surface area contributed by atoms with Crippen molar-refractivity contribution < 1.29 is 1.43 Å². The standard InChI is InChI=1S/C8H10N2.H2/c1-3-8-7(9)5-4-6(2)10-8;/h3-5H,1,9H2,2H3;1H. The van der Waals surface area contributed by atoms with Crippen LogP contribution in [0.5, 0.6) is 0 Å². The summed E-state index contributed by atoms with van der Waals surface area (Å²) in [5.74, 6) is 0. The molecule has 0 atom stereocenters. The number of anilines is 1. The minimum Gasteiger partial charge on any atom is -0.397 e. The lowest BCUT2D eigenvalue weighted by Gasteiger charge is -1.98. The molecule has 54 valence electrons. The highest BCUT2D eigenvalue weighted by molar-refractivity contribution is 5.59. The number of hydrogen-bond donors (Lipinski definition) is 1. The molecule has 0 radical (unpaired) electrons. The summed E-state index contributed by atoms with van der Waals surface area (Å²) in [6, 6.07) is 3.71. The summed E-state index contributed by atoms with van der Waals surface area (Å²) in [4.78, 5) is 4.15. The second-order valence-electron chi connectivity index (χ2n) is 2.13. The fourth-order valence-electron chi connectivity index (χ4n) is 0.751. The molecule has 0 amide bonds. The van der Waals surface area contributed by atoms with Crippen molar-refractivity contribution in [2.75, 3.05) is 5.73 Å². The summed E-state index contributed by atoms with van der Waals surface area (Å²) in [7, 11) is 0. The predicted octanol–water partition coefficient (Wildman–Crippen LogP) is 1.86. The fraction of sp³-hybridized carbons (Fsp3) is 0.125. The van der Waals surface area contributed by atoms with Crippen LogP contribution < -0.4 is 5.73 Å². The van der Waals surface area contributed by atoms with E-state index in [9.17, 15) is 0 Å². The number of nitrogen functional groups attached to an aromatic ring is 1. The zero-order valence-corrected chi connectivity index (χ0v) is 5.96. The molecule has 0 aliphatic carbocycles. The number of nitrogens with zero attached hydrogens (tertiary/aromatic N) is 1. The highest BCUT2D eigenvalue weighted by Gasteiger charge is 1.93. The van der Waals surface area contributed by atoms with Gasteiger partial charge in [0.15, 0.2) is 0 Å². The molecule has 0 aromatic carbocycles. The first-order valence-corrected chi connectivity index (χ1v) is 3.09. The van der Waals surface area contributed by atoms with Gasteiger partial charge in [0.05, 0.1) is 11.4 Å². The van der Waals surface area contributed by atoms with Crippen LogP contribution in [0.25, 0.3) is 6.08 Å². The summed E-state index contributed by atoms with van der Waals surface area (Å²) in [6.07, 6.45) is 1.66. The van der Waals surface area contributed by atoms with Gasteiger partial charge in [0.1, 0.15) is 0 Å². The van der Waals surface area contributed by atoms with Gasteiger partial charge >= 0.3 is 0 Å². The van der Waals surface area contributed by atoms with Crippen LogP contribution in [0.15, 0.2) is 18.7 Å². The highest BCUT2D eigenvalue weighted by atomic mass is 14.7. The van der Waals surface area contributed by atoms with E-state index in [0.717, 1.165) is 11.4 Å². The molecule has 0 saturated heterocycles. The average Bonchev–Trinajstić information content (AvgIpc) is 1.94. The number of nitrogens with two attached hydrogens (primary N) is 1. The molecule has 2 N–H and O–H groups in total. The summed E-state index contributed by atoms with van der Waals surface area (Å²) in [6.45, 7) is 5.51. The van der Waals surface area contributed by atoms with E-state index in [-0.39, 0.29) is 1.43 Å². The monoisotopic (exact) mass is 136 g/mol. The molecular formula is C8H12N2. The SMILES string of the molecule is C=Cc1nc(C)ccc1N.[HH]. The Kier molecular flexibility index (Phi) is 1.71. The number of aromatic nitrogens is 1. The van der Waals surface area contributed by atoms with E-state index in [1.165, 1.54) is 0 Å². The topological polar surface area (TPSA) is 38.9 Å². The maximum Gasteiger partial charge on any atom is 0.0856 e. The lowest BCUT2D eigenvalue weighted by molar-refractivity contribution is 1.19. The van der Waals surface area contributed by atoms with Gasteiger partial charge in [0, 0.05) is 7.12 Å². The van der Waals surface area contributed by atoms with Gasteiger partial charge in [-0.2, -0.15) is 0 Å². The molecule has 0 aliphatic heterocycles. The minimum absolute atomic E-state index is 0. The van der Waals surface area contributed by atoms with E-state index in [2.05, 4.69) is 11.6 Å². The first-order chi connectivity index (χ1) is 4.74. The molecule has 2 heteroatoms. The average molecular weight is 136 g/mol. The molecule has 0 aliphatic rings. The van der Waals surface area contributed by atoms with Crippen LogP contribution in [0.4, 0.5) is 5.69 Å². The summed E-state index contributed by atoms with van der Waals surface area (Å²) in [5, 5.41) is 0. The lowest BCUT2D eigenvalue weighted by atomic mass is 10.2. The molecule has 1 aromatic heterocycles. The number of pyridine rings is 1. The Labute approximate surface area is 61.9 Å². The summed E-state index contributed by atoms with van der Waals surface area (Å²) in [5.41, 5.74) is 7.97. The molecule has 0 spiro atoms. The minimum atomic E-state index is 0. The Balaban J connectivity index is 0.000001000. The van der Waals surface area contributed by atoms with Crippen molar-refractivity contribution in [1.82, 2.24) is 4.98 Å². The third-order valence-corrected chi connectivity index (χ3v) is 1.29. The first kappa shape index (κ1) is 6.81. The van der Waals surface area contributed by atoms with E-state index in [4.69, 9.17) is 5.73 Å². The van der Waals surface area contributed by atoms with E-state index >= 15 is 0 Å². The molecule has 2 nitrogen and oxygen atoms in total. The maximum atomic E-state index is 5.57. The van der Waals surface area contributed by atoms with Gasteiger partial charge in [0.2, 0.25) is 0 Å². The maximum absolute atomic E-state index is 5.57. The molecular weight excluding hydrogens is 124 g/mol. The molecule has 1 rings (SSSR count). The molecule has 0 bridgehead atoms. The second-order valence-corrected chi connectivity index (χ2v) is 2.13. The zero-order chi connectivity index (χ0) is 7.56. The Hall–Kier alpha value is -1.31. The van der Waals surface area contributed by atoms with Gasteiger partial charge in [-0.1, -0.05) is 6.58 Å². The van der Waals surface area contributed by atoms with E-state index in [0.29, 0.717) is 5.69 Å². The van der Waals surface area contributed by atoms with E-state index in [1.54, 1.807) is 6.08 Å². The lowest BCUT2D eigenvalue weighted by Crippen LogP contribution is -1.93. The van der Waals surface area contributed by atoms with Crippen molar-refractivity contribution >= 4 is 11.8 Å². The zero-order valence-electron chi connectivity index (χ0n) is 5.96. The third-order valence-electron chi connectivity index (χ3n) is 1.29. The van der Waals surface area contributed by atoms with Crippen molar-refractivity contribution in [3.8, 4) is 0 Å². The van der Waals surface area contributed by atoms with Crippen molar-refractivity contribution in [3.05, 3.63) is 30.1 Å². The molecule has 1 heterocycles. The van der Waals surface area contributed by atoms with Gasteiger partial charge < -0.3 is 5.73 Å². The normalized spacial score (nSPS) is 9.30. The Bertz CT molecular complexity index is 258. The Morgan fingerprint density at radius 3 is 2.90 bits per heavy atom. The number of rotatable bonds is 1. The van der Waals surface area contributed by atoms with Gasteiger partial charge in [0.25, 0.3) is 0 Å². The van der Waals surface area contributed by atoms with Crippen LogP contribution in [0, 0.1) is 6.92 Å². The van der Waals surface area contributed by atoms with Crippen LogP contribution in [-0.2, 0) is 0 Å². The summed E-state index contributed by atoms with van der Waals surface area (Å²) < 4.78 is 0. The Morgan fingerprint density at radius 2 is 2.40 bits per heavy atom. The number of hydrogen-bond acceptors (Lipinski definition) is 2. The van der Waals surface area contributed by atoms with Crippen molar-refractivity contribution in [1.29, 1.82) is 0 Å². The second kappa shape index (κ2) is 2.52. The van der Waals surface area contributed by atoms with E-state index in [1.807, 2.05) is 19.1 Å². The van der Waals surface area contributed by atoms with Crippen LogP contribution >= 0.6 is 0 Å². The molecule has 10 heavy (non-hydrogen) atoms. The van der Waals surface area contributed by atoms with Gasteiger partial charge in [-0.3, -0.25) is 4.98 Å². The molecule has 0 unspecified atom stereocenters. The van der Waals surface area contributed by atoms with Gasteiger partial charge in [-0.25, -0.2) is 0 Å². The summed E-state index contributed by atoms with van der Waals surface area (Å²) >= 11 is 0. The van der Waals surface area contributed by atoms with Gasteiger partial charge in [-0.15, -0.1) is 0 Å². The largest absolute Gasteiger partial charge is 0.397 e. The van der Waals surface area contributed by atoms with Crippen LogP contribution in [0.2, 0.25) is 0 Å². The molecule has 1 aromatic rings. The quantitative estimate of drug-likeness (QED) is 0.640. The molecule has 0 fully saturated rings. The molecule has 0 saturated carbocycles. The van der Waals surface area contributed by atoms with Gasteiger partial charge in [-0.05, 0) is 25.1 Å². The van der Waals surface area contributed by atoms with Crippen molar-refractivity contribution in [3.63, 3.8) is 0 Å². The predicted molar refractivity (Wildman–Crippen MR) is 45.6 cm³/mol. The van der Waals surface area contributed by atoms with Crippen molar-refractivity contribution in [2.45, 2.75) is 6.92 Å². The first-order valence-electron chi connectivity index (χ1n) is 3.09. The van der Waals surface area contributed by atoms with Crippen LogP contribution in [-0.4, -0.2) is 4.98 Å². The Morgan fingerprint density at radius 1 is 1.70 bits per heavy atom. The highest BCUT2D eigenvalue weighted by Crippen LogP contribution is 2.09. The number of aryl methyl sites for hydroxylation is 1. The van der Waals surface area contributed by atoms with Crippen LogP contribution in [0.3, 0.4) is 0 Å². The smallest absolute Gasteiger partial charge is 0.0856 e. The fourth-order valence-corrected chi connectivity index (χ4v) is 0.751. The van der Waals surface area contributed by atoms with E-state index < -0.39 is 0 Å². The third kappa shape index (κ3) is 1.16. The van der Waals surface area contributed by atoms with Crippen LogP contribution in [0.1, 0.15) is 12.8 Å².